The molecule has 9 heteroatoms. The molecule has 1 aromatic heterocycles. The van der Waals surface area contributed by atoms with Crippen molar-refractivity contribution in [1.29, 1.82) is 0 Å². The molecule has 1 rings (SSSR count). The van der Waals surface area contributed by atoms with Crippen LogP contribution in [0.5, 0.6) is 0 Å². The number of aryl methyl sites for hydroxylation is 1. The first-order valence-electron chi connectivity index (χ1n) is 7.26. The van der Waals surface area contributed by atoms with E-state index in [0.29, 0.717) is 11.3 Å². The number of H-pyrrole nitrogens is 1. The van der Waals surface area contributed by atoms with Crippen LogP contribution in [0.3, 0.4) is 0 Å². The van der Waals surface area contributed by atoms with Crippen LogP contribution in [0.25, 0.3) is 0 Å². The molecule has 24 heavy (non-hydrogen) atoms. The average Bonchev–Trinajstić information content (AvgIpc) is 2.78. The number of halogens is 3. The molecular formula is C15H21F3N2O4. The summed E-state index contributed by atoms with van der Waals surface area (Å²) in [6, 6.07) is 0. The zero-order valence-electron chi connectivity index (χ0n) is 14.0. The van der Waals surface area contributed by atoms with E-state index >= 15 is 0 Å². The van der Waals surface area contributed by atoms with Crippen LogP contribution in [0.1, 0.15) is 38.5 Å². The molecule has 1 N–H and O–H groups in total. The zero-order chi connectivity index (χ0) is 18.5. The average molecular weight is 350 g/mol. The van der Waals surface area contributed by atoms with Gasteiger partial charge in [0.1, 0.15) is 12.3 Å². The lowest BCUT2D eigenvalue weighted by molar-refractivity contribution is -0.136. The van der Waals surface area contributed by atoms with Crippen LogP contribution < -0.4 is 0 Å². The molecule has 0 aliphatic carbocycles. The number of rotatable bonds is 7. The highest BCUT2D eigenvalue weighted by molar-refractivity contribution is 6.00. The zero-order valence-corrected chi connectivity index (χ0v) is 14.0. The van der Waals surface area contributed by atoms with Crippen LogP contribution >= 0.6 is 0 Å². The van der Waals surface area contributed by atoms with Crippen molar-refractivity contribution in [3.05, 3.63) is 22.5 Å². The fraction of sp³-hybridized carbons (Fsp3) is 0.600. The minimum absolute atomic E-state index is 0.0636. The van der Waals surface area contributed by atoms with E-state index in [1.54, 1.807) is 13.8 Å². The number of esters is 1. The maximum atomic E-state index is 12.3. The van der Waals surface area contributed by atoms with Crippen LogP contribution in [-0.4, -0.2) is 61.9 Å². The molecule has 0 atom stereocenters. The van der Waals surface area contributed by atoms with Crippen molar-refractivity contribution in [1.82, 2.24) is 9.88 Å². The topological polar surface area (TPSA) is 71.6 Å². The van der Waals surface area contributed by atoms with Gasteiger partial charge in [0.2, 0.25) is 0 Å². The molecule has 0 saturated heterocycles. The number of aromatic amines is 1. The van der Waals surface area contributed by atoms with Crippen molar-refractivity contribution in [3.63, 3.8) is 0 Å². The van der Waals surface area contributed by atoms with Gasteiger partial charge in [0.25, 0.3) is 5.91 Å². The van der Waals surface area contributed by atoms with Gasteiger partial charge >= 0.3 is 12.1 Å². The monoisotopic (exact) mass is 350 g/mol. The van der Waals surface area contributed by atoms with Crippen molar-refractivity contribution in [2.45, 2.75) is 26.4 Å². The van der Waals surface area contributed by atoms with E-state index in [-0.39, 0.29) is 24.5 Å². The Morgan fingerprint density at radius 1 is 1.21 bits per heavy atom. The molecule has 1 amide bonds. The third-order valence-corrected chi connectivity index (χ3v) is 3.45. The fourth-order valence-electron chi connectivity index (χ4n) is 2.15. The summed E-state index contributed by atoms with van der Waals surface area (Å²) >= 11 is 0. The first-order valence-corrected chi connectivity index (χ1v) is 7.26. The van der Waals surface area contributed by atoms with E-state index in [0.717, 1.165) is 4.90 Å². The molecular weight excluding hydrogens is 329 g/mol. The predicted molar refractivity (Wildman–Crippen MR) is 80.1 cm³/mol. The van der Waals surface area contributed by atoms with Gasteiger partial charge < -0.3 is 19.4 Å². The highest BCUT2D eigenvalue weighted by Crippen LogP contribution is 2.22. The second-order valence-corrected chi connectivity index (χ2v) is 5.35. The molecule has 0 saturated carbocycles. The molecule has 0 spiro atoms. The summed E-state index contributed by atoms with van der Waals surface area (Å²) < 4.78 is 46.6. The number of carbonyl (C=O) groups is 2. The van der Waals surface area contributed by atoms with Gasteiger partial charge in [-0.15, -0.1) is 0 Å². The standard InChI is InChI=1S/C15H21F3N2O4/c1-9-11(14(22)24-8-7-23-4)10(2)19-12(9)13(21)20(3)6-5-15(16,17)18/h19H,5-8H2,1-4H3. The van der Waals surface area contributed by atoms with E-state index in [4.69, 9.17) is 9.47 Å². The van der Waals surface area contributed by atoms with Gasteiger partial charge in [-0.2, -0.15) is 13.2 Å². The summed E-state index contributed by atoms with van der Waals surface area (Å²) in [6.45, 7) is 2.97. The molecule has 0 bridgehead atoms. The Labute approximate surface area is 137 Å². The minimum atomic E-state index is -4.34. The van der Waals surface area contributed by atoms with Gasteiger partial charge in [-0.05, 0) is 19.4 Å². The van der Waals surface area contributed by atoms with Gasteiger partial charge in [-0.3, -0.25) is 4.79 Å². The van der Waals surface area contributed by atoms with E-state index in [9.17, 15) is 22.8 Å². The molecule has 0 fully saturated rings. The summed E-state index contributed by atoms with van der Waals surface area (Å²) in [7, 11) is 2.74. The van der Waals surface area contributed by atoms with Crippen molar-refractivity contribution in [2.24, 2.45) is 0 Å². The fourth-order valence-corrected chi connectivity index (χ4v) is 2.15. The van der Waals surface area contributed by atoms with Gasteiger partial charge in [-0.1, -0.05) is 0 Å². The molecule has 1 heterocycles. The second-order valence-electron chi connectivity index (χ2n) is 5.35. The molecule has 6 nitrogen and oxygen atoms in total. The van der Waals surface area contributed by atoms with Gasteiger partial charge in [0, 0.05) is 26.4 Å². The summed E-state index contributed by atoms with van der Waals surface area (Å²) in [5.41, 5.74) is 1.05. The molecule has 1 aromatic rings. The summed E-state index contributed by atoms with van der Waals surface area (Å²) in [5.74, 6) is -1.23. The lowest BCUT2D eigenvalue weighted by Crippen LogP contribution is -2.31. The Bertz CT molecular complexity index is 596. The smallest absolute Gasteiger partial charge is 0.390 e. The Hall–Kier alpha value is -2.03. The Balaban J connectivity index is 2.88. The molecule has 0 aromatic carbocycles. The van der Waals surface area contributed by atoms with E-state index < -0.39 is 31.0 Å². The maximum Gasteiger partial charge on any atom is 0.390 e. The van der Waals surface area contributed by atoms with Crippen molar-refractivity contribution in [2.75, 3.05) is 33.9 Å². The summed E-state index contributed by atoms with van der Waals surface area (Å²) in [4.78, 5) is 28.1. The van der Waals surface area contributed by atoms with E-state index in [1.165, 1.54) is 14.2 Å². The lowest BCUT2D eigenvalue weighted by atomic mass is 10.1. The number of hydrogen-bond donors (Lipinski definition) is 1. The van der Waals surface area contributed by atoms with Crippen LogP contribution in [0.4, 0.5) is 13.2 Å². The number of alkyl halides is 3. The Kier molecular flexibility index (Phi) is 6.82. The SMILES string of the molecule is COCCOC(=O)c1c(C)[nH]c(C(=O)N(C)CCC(F)(F)F)c1C. The third-order valence-electron chi connectivity index (χ3n) is 3.45. The van der Waals surface area contributed by atoms with Crippen molar-refractivity contribution < 1.29 is 32.2 Å². The third kappa shape index (κ3) is 5.26. The van der Waals surface area contributed by atoms with Crippen molar-refractivity contribution in [3.8, 4) is 0 Å². The number of nitrogens with one attached hydrogen (secondary N) is 1. The van der Waals surface area contributed by atoms with Crippen LogP contribution in [-0.2, 0) is 9.47 Å². The molecule has 0 aliphatic rings. The molecule has 0 radical (unpaired) electrons. The largest absolute Gasteiger partial charge is 0.460 e. The Morgan fingerprint density at radius 2 is 1.83 bits per heavy atom. The number of nitrogens with zero attached hydrogens (tertiary/aromatic N) is 1. The molecule has 136 valence electrons. The molecule has 0 unspecified atom stereocenters. The molecule has 0 aliphatic heterocycles. The summed E-state index contributed by atoms with van der Waals surface area (Å²) in [5, 5.41) is 0. The highest BCUT2D eigenvalue weighted by atomic mass is 19.4. The number of hydrogen-bond acceptors (Lipinski definition) is 4. The van der Waals surface area contributed by atoms with Gasteiger partial charge in [0.15, 0.2) is 0 Å². The van der Waals surface area contributed by atoms with Crippen molar-refractivity contribution >= 4 is 11.9 Å². The second kappa shape index (κ2) is 8.18. The number of methoxy groups -OCH3 is 1. The number of ether oxygens (including phenoxy) is 2. The lowest BCUT2D eigenvalue weighted by Gasteiger charge is -2.18. The minimum Gasteiger partial charge on any atom is -0.460 e. The van der Waals surface area contributed by atoms with E-state index in [1.807, 2.05) is 0 Å². The number of carbonyl (C=O) groups excluding carboxylic acids is 2. The van der Waals surface area contributed by atoms with Crippen LogP contribution in [0.2, 0.25) is 0 Å². The van der Waals surface area contributed by atoms with Crippen LogP contribution in [0.15, 0.2) is 0 Å². The van der Waals surface area contributed by atoms with Crippen LogP contribution in [0, 0.1) is 13.8 Å². The van der Waals surface area contributed by atoms with Gasteiger partial charge in [0.05, 0.1) is 18.6 Å². The van der Waals surface area contributed by atoms with Gasteiger partial charge in [-0.25, -0.2) is 4.79 Å². The Morgan fingerprint density at radius 3 is 2.38 bits per heavy atom. The number of aromatic nitrogens is 1. The normalized spacial score (nSPS) is 11.5. The quantitative estimate of drug-likeness (QED) is 0.606. The maximum absolute atomic E-state index is 12.3. The highest BCUT2D eigenvalue weighted by Gasteiger charge is 2.30. The van der Waals surface area contributed by atoms with E-state index in [2.05, 4.69) is 4.98 Å². The first-order chi connectivity index (χ1) is 11.1. The summed E-state index contributed by atoms with van der Waals surface area (Å²) in [6.07, 6.45) is -5.44. The first kappa shape index (κ1) is 20.0. The predicted octanol–water partition coefficient (Wildman–Crippen LogP) is 2.46. The number of amides is 1.